The van der Waals surface area contributed by atoms with Crippen LogP contribution in [0.15, 0.2) is 12.4 Å². The topological polar surface area (TPSA) is 100 Å². The second-order valence-electron chi connectivity index (χ2n) is 4.44. The summed E-state index contributed by atoms with van der Waals surface area (Å²) in [7, 11) is 0. The molecule has 2 amide bonds. The average Bonchev–Trinajstić information content (AvgIpc) is 3.04. The van der Waals surface area contributed by atoms with Crippen molar-refractivity contribution in [1.82, 2.24) is 25.2 Å². The normalized spacial score (nSPS) is 18.5. The fraction of sp³-hybridized carbons (Fsp3) is 0.636. The lowest BCUT2D eigenvalue weighted by atomic mass is 10.2. The van der Waals surface area contributed by atoms with Gasteiger partial charge in [-0.25, -0.2) is 9.59 Å². The van der Waals surface area contributed by atoms with Crippen LogP contribution in [0, 0.1) is 0 Å². The van der Waals surface area contributed by atoms with Crippen LogP contribution in [0.25, 0.3) is 0 Å². The fourth-order valence-corrected chi connectivity index (χ4v) is 2.16. The molecule has 104 valence electrons. The van der Waals surface area contributed by atoms with Crippen molar-refractivity contribution in [2.45, 2.75) is 31.8 Å². The number of hydrogen-bond acceptors (Lipinski definition) is 4. The third-order valence-corrected chi connectivity index (χ3v) is 3.11. The summed E-state index contributed by atoms with van der Waals surface area (Å²) in [6, 6.07) is -0.987. The molecule has 1 aromatic rings. The third kappa shape index (κ3) is 3.43. The first-order valence-corrected chi connectivity index (χ1v) is 6.30. The van der Waals surface area contributed by atoms with Crippen LogP contribution >= 0.6 is 0 Å². The Hall–Kier alpha value is -2.12. The van der Waals surface area contributed by atoms with E-state index in [1.54, 1.807) is 17.1 Å². The number of hydrogen-bond donors (Lipinski definition) is 2. The van der Waals surface area contributed by atoms with Gasteiger partial charge in [-0.2, -0.15) is 0 Å². The van der Waals surface area contributed by atoms with Crippen LogP contribution in [-0.2, 0) is 11.3 Å². The number of carboxylic acids is 1. The predicted octanol–water partition coefficient (Wildman–Crippen LogP) is -0.0732. The van der Waals surface area contributed by atoms with Crippen molar-refractivity contribution in [2.75, 3.05) is 13.1 Å². The van der Waals surface area contributed by atoms with Gasteiger partial charge in [0.1, 0.15) is 6.04 Å². The molecule has 1 saturated heterocycles. The first-order chi connectivity index (χ1) is 9.18. The van der Waals surface area contributed by atoms with Gasteiger partial charge in [-0.1, -0.05) is 5.21 Å². The van der Waals surface area contributed by atoms with Crippen LogP contribution in [0.2, 0.25) is 0 Å². The zero-order valence-corrected chi connectivity index (χ0v) is 10.5. The summed E-state index contributed by atoms with van der Waals surface area (Å²) in [5.74, 6) is -0.935. The maximum atomic E-state index is 11.8. The summed E-state index contributed by atoms with van der Waals surface area (Å²) in [6.45, 7) is 1.66. The Labute approximate surface area is 110 Å². The second kappa shape index (κ2) is 6.17. The van der Waals surface area contributed by atoms with Crippen molar-refractivity contribution < 1.29 is 14.7 Å². The summed E-state index contributed by atoms with van der Waals surface area (Å²) in [5, 5.41) is 19.2. The van der Waals surface area contributed by atoms with Crippen molar-refractivity contribution in [3.8, 4) is 0 Å². The van der Waals surface area contributed by atoms with Crippen LogP contribution in [0.1, 0.15) is 19.3 Å². The van der Waals surface area contributed by atoms with E-state index in [-0.39, 0.29) is 6.03 Å². The number of nitrogens with zero attached hydrogens (tertiary/aromatic N) is 4. The largest absolute Gasteiger partial charge is 0.480 e. The molecule has 1 aliphatic rings. The summed E-state index contributed by atoms with van der Waals surface area (Å²) in [6.07, 6.45) is 5.34. The van der Waals surface area contributed by atoms with Crippen LogP contribution < -0.4 is 5.32 Å². The van der Waals surface area contributed by atoms with Gasteiger partial charge in [0.05, 0.1) is 6.20 Å². The Morgan fingerprint density at radius 1 is 1.47 bits per heavy atom. The second-order valence-corrected chi connectivity index (χ2v) is 4.44. The number of aromatic nitrogens is 3. The van der Waals surface area contributed by atoms with Crippen LogP contribution in [0.4, 0.5) is 4.79 Å². The van der Waals surface area contributed by atoms with Crippen molar-refractivity contribution in [3.63, 3.8) is 0 Å². The first-order valence-electron chi connectivity index (χ1n) is 6.30. The van der Waals surface area contributed by atoms with Crippen LogP contribution in [0.5, 0.6) is 0 Å². The molecule has 8 heteroatoms. The van der Waals surface area contributed by atoms with Gasteiger partial charge in [-0.3, -0.25) is 4.68 Å². The highest BCUT2D eigenvalue weighted by Gasteiger charge is 2.33. The molecule has 0 aliphatic carbocycles. The molecule has 1 aliphatic heterocycles. The maximum absolute atomic E-state index is 11.8. The molecule has 2 N–H and O–H groups in total. The zero-order chi connectivity index (χ0) is 13.7. The summed E-state index contributed by atoms with van der Waals surface area (Å²) >= 11 is 0. The molecule has 2 heterocycles. The Morgan fingerprint density at radius 2 is 2.32 bits per heavy atom. The highest BCUT2D eigenvalue weighted by Crippen LogP contribution is 2.17. The molecule has 1 unspecified atom stereocenters. The predicted molar refractivity (Wildman–Crippen MR) is 65.4 cm³/mol. The van der Waals surface area contributed by atoms with Gasteiger partial charge in [0, 0.05) is 25.8 Å². The van der Waals surface area contributed by atoms with Crippen molar-refractivity contribution in [3.05, 3.63) is 12.4 Å². The molecule has 8 nitrogen and oxygen atoms in total. The zero-order valence-electron chi connectivity index (χ0n) is 10.5. The van der Waals surface area contributed by atoms with E-state index in [1.807, 2.05) is 0 Å². The standard InChI is InChI=1S/C11H17N5O3/c17-10(18)9-3-1-7-16(9)11(19)12-4-2-6-15-8-5-13-14-15/h5,8-9H,1-4,6-7H2,(H,12,19)(H,17,18). The number of nitrogens with one attached hydrogen (secondary N) is 1. The lowest BCUT2D eigenvalue weighted by Gasteiger charge is -2.21. The first kappa shape index (κ1) is 13.3. The Balaban J connectivity index is 1.70. The van der Waals surface area contributed by atoms with Gasteiger partial charge in [-0.15, -0.1) is 5.10 Å². The molecule has 1 fully saturated rings. The van der Waals surface area contributed by atoms with Crippen LogP contribution in [0.3, 0.4) is 0 Å². The highest BCUT2D eigenvalue weighted by molar-refractivity contribution is 5.83. The minimum Gasteiger partial charge on any atom is -0.480 e. The number of carbonyl (C=O) groups is 2. The molecule has 1 aromatic heterocycles. The molecular formula is C11H17N5O3. The molecule has 0 bridgehead atoms. The van der Waals surface area contributed by atoms with E-state index >= 15 is 0 Å². The van der Waals surface area contributed by atoms with Crippen LogP contribution in [-0.4, -0.2) is 56.1 Å². The van der Waals surface area contributed by atoms with E-state index in [9.17, 15) is 9.59 Å². The number of aliphatic carboxylic acids is 1. The number of urea groups is 1. The number of carbonyl (C=O) groups excluding carboxylic acids is 1. The smallest absolute Gasteiger partial charge is 0.326 e. The number of rotatable bonds is 5. The maximum Gasteiger partial charge on any atom is 0.326 e. The van der Waals surface area contributed by atoms with E-state index < -0.39 is 12.0 Å². The summed E-state index contributed by atoms with van der Waals surface area (Å²) < 4.78 is 1.68. The van der Waals surface area contributed by atoms with Gasteiger partial charge in [-0.05, 0) is 19.3 Å². The molecule has 0 saturated carbocycles. The Bertz CT molecular complexity index is 434. The number of likely N-dealkylation sites (tertiary alicyclic amines) is 1. The fourth-order valence-electron chi connectivity index (χ4n) is 2.16. The minimum atomic E-state index is -0.935. The molecular weight excluding hydrogens is 250 g/mol. The van der Waals surface area contributed by atoms with E-state index in [1.165, 1.54) is 4.90 Å². The molecule has 19 heavy (non-hydrogen) atoms. The van der Waals surface area contributed by atoms with Gasteiger partial charge >= 0.3 is 12.0 Å². The van der Waals surface area contributed by atoms with Crippen molar-refractivity contribution in [1.29, 1.82) is 0 Å². The van der Waals surface area contributed by atoms with E-state index in [0.29, 0.717) is 26.1 Å². The molecule has 0 spiro atoms. The SMILES string of the molecule is O=C(O)C1CCCN1C(=O)NCCCn1ccnn1. The van der Waals surface area contributed by atoms with Gasteiger partial charge in [0.25, 0.3) is 0 Å². The molecule has 2 rings (SSSR count). The highest BCUT2D eigenvalue weighted by atomic mass is 16.4. The van der Waals surface area contributed by atoms with Gasteiger partial charge in [0.15, 0.2) is 0 Å². The summed E-state index contributed by atoms with van der Waals surface area (Å²) in [4.78, 5) is 24.2. The van der Waals surface area contributed by atoms with E-state index in [0.717, 1.165) is 12.8 Å². The third-order valence-electron chi connectivity index (χ3n) is 3.11. The monoisotopic (exact) mass is 267 g/mol. The lowest BCUT2D eigenvalue weighted by Crippen LogP contribution is -2.46. The van der Waals surface area contributed by atoms with Crippen molar-refractivity contribution >= 4 is 12.0 Å². The lowest BCUT2D eigenvalue weighted by molar-refractivity contribution is -0.141. The Kier molecular flexibility index (Phi) is 4.32. The molecule has 1 atom stereocenters. The average molecular weight is 267 g/mol. The number of aryl methyl sites for hydroxylation is 1. The van der Waals surface area contributed by atoms with Gasteiger partial charge in [0.2, 0.25) is 0 Å². The number of amides is 2. The minimum absolute atomic E-state index is 0.302. The molecule has 0 radical (unpaired) electrons. The number of carboxylic acid groups (broad SMARTS) is 1. The van der Waals surface area contributed by atoms with Crippen molar-refractivity contribution in [2.24, 2.45) is 0 Å². The molecule has 0 aromatic carbocycles. The Morgan fingerprint density at radius 3 is 3.00 bits per heavy atom. The van der Waals surface area contributed by atoms with E-state index in [2.05, 4.69) is 15.6 Å². The van der Waals surface area contributed by atoms with Gasteiger partial charge < -0.3 is 15.3 Å². The van der Waals surface area contributed by atoms with E-state index in [4.69, 9.17) is 5.11 Å². The summed E-state index contributed by atoms with van der Waals surface area (Å²) in [5.41, 5.74) is 0. The quantitative estimate of drug-likeness (QED) is 0.727.